The Morgan fingerprint density at radius 1 is 1.70 bits per heavy atom. The number of nitrogens with two attached hydrogens (primary N) is 1. The molecule has 0 unspecified atom stereocenters. The lowest BCUT2D eigenvalue weighted by molar-refractivity contribution is -0.122. The maximum atomic E-state index is 10.9. The van der Waals surface area contributed by atoms with E-state index in [0.29, 0.717) is 0 Å². The van der Waals surface area contributed by atoms with Crippen LogP contribution in [0.3, 0.4) is 0 Å². The lowest BCUT2D eigenvalue weighted by atomic mass is 10.0. The van der Waals surface area contributed by atoms with Gasteiger partial charge in [-0.2, -0.15) is 0 Å². The second kappa shape index (κ2) is 2.33. The Labute approximate surface area is 59.8 Å². The van der Waals surface area contributed by atoms with Crippen LogP contribution in [0.1, 0.15) is 13.8 Å². The van der Waals surface area contributed by atoms with Crippen molar-refractivity contribution in [1.29, 1.82) is 0 Å². The van der Waals surface area contributed by atoms with Gasteiger partial charge in [0.2, 0.25) is 5.78 Å². The van der Waals surface area contributed by atoms with Gasteiger partial charge in [0.05, 0.1) is 0 Å². The van der Waals surface area contributed by atoms with Crippen LogP contribution in [0.2, 0.25) is 0 Å². The molecule has 3 heteroatoms. The summed E-state index contributed by atoms with van der Waals surface area (Å²) in [4.78, 5) is 10.9. The average molecular weight is 141 g/mol. The fourth-order valence-electron chi connectivity index (χ4n) is 0.926. The van der Waals surface area contributed by atoms with Crippen LogP contribution in [-0.2, 0) is 9.53 Å². The average Bonchev–Trinajstić information content (AvgIpc) is 2.10. The minimum atomic E-state index is -0.347. The maximum Gasteiger partial charge on any atom is 0.201 e. The van der Waals surface area contributed by atoms with Crippen molar-refractivity contribution in [2.75, 3.05) is 0 Å². The molecule has 0 saturated heterocycles. The summed E-state index contributed by atoms with van der Waals surface area (Å²) in [6.45, 7) is 3.85. The number of ketones is 1. The highest BCUT2D eigenvalue weighted by molar-refractivity contribution is 5.95. The minimum Gasteiger partial charge on any atom is -0.467 e. The van der Waals surface area contributed by atoms with Crippen molar-refractivity contribution in [1.82, 2.24) is 0 Å². The Kier molecular flexibility index (Phi) is 1.66. The Hall–Kier alpha value is -0.990. The van der Waals surface area contributed by atoms with Crippen LogP contribution in [0.5, 0.6) is 0 Å². The van der Waals surface area contributed by atoms with Crippen LogP contribution in [0.4, 0.5) is 0 Å². The predicted octanol–water partition coefficient (Wildman–Crippen LogP) is 0.410. The summed E-state index contributed by atoms with van der Waals surface area (Å²) in [7, 11) is 0. The van der Waals surface area contributed by atoms with Gasteiger partial charge < -0.3 is 10.5 Å². The van der Waals surface area contributed by atoms with Gasteiger partial charge >= 0.3 is 0 Å². The molecule has 3 nitrogen and oxygen atoms in total. The highest BCUT2D eigenvalue weighted by atomic mass is 16.5. The molecule has 0 aromatic carbocycles. The van der Waals surface area contributed by atoms with E-state index in [9.17, 15) is 4.79 Å². The van der Waals surface area contributed by atoms with E-state index < -0.39 is 0 Å². The molecular weight excluding hydrogens is 130 g/mol. The number of hydrogen-bond acceptors (Lipinski definition) is 3. The third-order valence-electron chi connectivity index (χ3n) is 1.43. The molecule has 2 N–H and O–H groups in total. The first-order valence-corrected chi connectivity index (χ1v) is 3.29. The molecule has 1 heterocycles. The van der Waals surface area contributed by atoms with Crippen LogP contribution in [0.15, 0.2) is 12.0 Å². The first-order chi connectivity index (χ1) is 4.61. The molecule has 0 spiro atoms. The molecule has 0 saturated carbocycles. The van der Waals surface area contributed by atoms with Crippen LogP contribution in [0, 0.1) is 5.92 Å². The van der Waals surface area contributed by atoms with Crippen molar-refractivity contribution >= 4 is 5.78 Å². The molecule has 1 rings (SSSR count). The van der Waals surface area contributed by atoms with Gasteiger partial charge in [-0.1, -0.05) is 13.8 Å². The fraction of sp³-hybridized carbons (Fsp3) is 0.571. The van der Waals surface area contributed by atoms with Crippen LogP contribution in [0.25, 0.3) is 0 Å². The summed E-state index contributed by atoms with van der Waals surface area (Å²) in [6.07, 6.45) is 0.991. The molecule has 1 aliphatic heterocycles. The van der Waals surface area contributed by atoms with Gasteiger partial charge in [-0.25, -0.2) is 0 Å². The SMILES string of the molecule is CC(C)[C@@H]1OC(N)=CC1=O. The molecule has 1 aliphatic rings. The largest absolute Gasteiger partial charge is 0.467 e. The standard InChI is InChI=1S/C7H11NO2/c1-4(2)7-5(9)3-6(8)10-7/h3-4,7H,8H2,1-2H3/t7-/m0/s1. The number of hydrogen-bond donors (Lipinski definition) is 1. The summed E-state index contributed by atoms with van der Waals surface area (Å²) in [5.74, 6) is 0.418. The Morgan fingerprint density at radius 2 is 2.30 bits per heavy atom. The lowest BCUT2D eigenvalue weighted by Gasteiger charge is -2.12. The lowest BCUT2D eigenvalue weighted by Crippen LogP contribution is -2.23. The second-order valence-electron chi connectivity index (χ2n) is 2.73. The third kappa shape index (κ3) is 1.12. The summed E-state index contributed by atoms with van der Waals surface area (Å²) >= 11 is 0. The summed E-state index contributed by atoms with van der Waals surface area (Å²) < 4.78 is 5.02. The van der Waals surface area contributed by atoms with Gasteiger partial charge in [-0.05, 0) is 5.92 Å². The highest BCUT2D eigenvalue weighted by Gasteiger charge is 2.28. The summed E-state index contributed by atoms with van der Waals surface area (Å²) in [5, 5.41) is 0. The van der Waals surface area contributed by atoms with Gasteiger partial charge in [-0.15, -0.1) is 0 Å². The normalized spacial score (nSPS) is 24.9. The van der Waals surface area contributed by atoms with Gasteiger partial charge in [0.1, 0.15) is 0 Å². The molecule has 0 aromatic rings. The van der Waals surface area contributed by atoms with E-state index in [0.717, 1.165) is 0 Å². The van der Waals surface area contributed by atoms with Crippen LogP contribution in [-0.4, -0.2) is 11.9 Å². The van der Waals surface area contributed by atoms with Crippen LogP contribution < -0.4 is 5.73 Å². The first kappa shape index (κ1) is 7.12. The van der Waals surface area contributed by atoms with E-state index in [2.05, 4.69) is 0 Å². The number of ether oxygens (including phenoxy) is 1. The highest BCUT2D eigenvalue weighted by Crippen LogP contribution is 2.16. The first-order valence-electron chi connectivity index (χ1n) is 3.29. The minimum absolute atomic E-state index is 0.0208. The van der Waals surface area contributed by atoms with Crippen molar-refractivity contribution in [2.24, 2.45) is 11.7 Å². The van der Waals surface area contributed by atoms with Crippen LogP contribution >= 0.6 is 0 Å². The van der Waals surface area contributed by atoms with E-state index in [-0.39, 0.29) is 23.7 Å². The third-order valence-corrected chi connectivity index (χ3v) is 1.43. The zero-order valence-electron chi connectivity index (χ0n) is 6.13. The molecular formula is C7H11NO2. The molecule has 0 amide bonds. The molecule has 56 valence electrons. The second-order valence-corrected chi connectivity index (χ2v) is 2.73. The summed E-state index contributed by atoms with van der Waals surface area (Å²) in [5.41, 5.74) is 5.27. The molecule has 0 radical (unpaired) electrons. The number of carbonyl (C=O) groups excluding carboxylic acids is 1. The molecule has 1 atom stereocenters. The van der Waals surface area contributed by atoms with Crippen molar-refractivity contribution < 1.29 is 9.53 Å². The van der Waals surface area contributed by atoms with Crippen molar-refractivity contribution in [3.63, 3.8) is 0 Å². The van der Waals surface area contributed by atoms with Crippen molar-refractivity contribution in [2.45, 2.75) is 20.0 Å². The molecule has 10 heavy (non-hydrogen) atoms. The summed E-state index contributed by atoms with van der Waals surface area (Å²) in [6, 6.07) is 0. The Bertz CT molecular complexity index is 184. The van der Waals surface area contributed by atoms with Crippen molar-refractivity contribution in [3.05, 3.63) is 12.0 Å². The molecule has 0 aliphatic carbocycles. The Balaban J connectivity index is 2.64. The maximum absolute atomic E-state index is 10.9. The van der Waals surface area contributed by atoms with E-state index in [1.54, 1.807) is 0 Å². The van der Waals surface area contributed by atoms with Gasteiger partial charge in [0.15, 0.2) is 12.0 Å². The smallest absolute Gasteiger partial charge is 0.201 e. The van der Waals surface area contributed by atoms with Gasteiger partial charge in [-0.3, -0.25) is 4.79 Å². The molecule has 0 fully saturated rings. The van der Waals surface area contributed by atoms with E-state index in [4.69, 9.17) is 10.5 Å². The number of carbonyl (C=O) groups is 1. The predicted molar refractivity (Wildman–Crippen MR) is 37.0 cm³/mol. The molecule has 0 bridgehead atoms. The topological polar surface area (TPSA) is 52.3 Å². The van der Waals surface area contributed by atoms with Gasteiger partial charge in [0, 0.05) is 6.08 Å². The quantitative estimate of drug-likeness (QED) is 0.575. The van der Waals surface area contributed by atoms with Gasteiger partial charge in [0.25, 0.3) is 0 Å². The molecule has 0 aromatic heterocycles. The Morgan fingerprint density at radius 3 is 2.50 bits per heavy atom. The zero-order valence-corrected chi connectivity index (χ0v) is 6.13. The van der Waals surface area contributed by atoms with E-state index in [1.807, 2.05) is 13.8 Å². The fourth-order valence-corrected chi connectivity index (χ4v) is 0.926. The number of rotatable bonds is 1. The van der Waals surface area contributed by atoms with E-state index >= 15 is 0 Å². The zero-order chi connectivity index (χ0) is 7.72. The van der Waals surface area contributed by atoms with Crippen molar-refractivity contribution in [3.8, 4) is 0 Å². The van der Waals surface area contributed by atoms with E-state index in [1.165, 1.54) is 6.08 Å². The monoisotopic (exact) mass is 141 g/mol.